The average Bonchev–Trinajstić information content (AvgIpc) is 3.39. The van der Waals surface area contributed by atoms with Crippen molar-refractivity contribution in [1.82, 2.24) is 5.32 Å². The summed E-state index contributed by atoms with van der Waals surface area (Å²) >= 11 is 0. The van der Waals surface area contributed by atoms with Crippen LogP contribution in [0.5, 0.6) is 0 Å². The van der Waals surface area contributed by atoms with E-state index in [9.17, 15) is 39.7 Å². The number of carbonyl (C=O) groups is 3. The number of hydrogen-bond acceptors (Lipinski definition) is 14. The summed E-state index contributed by atoms with van der Waals surface area (Å²) in [5.74, 6) is -0.869. The fraction of sp³-hybridized carbons (Fsp3) is 0.629. The first kappa shape index (κ1) is 43.2. The Kier molecular flexibility index (Phi) is 21.6. The molecular formula is C35H51N3O14. The molecule has 2 N–H and O–H groups in total. The number of benzene rings is 1. The maximum Gasteiger partial charge on any atom is 0.508 e. The Labute approximate surface area is 302 Å². The van der Waals surface area contributed by atoms with E-state index in [1.807, 2.05) is 49.4 Å². The van der Waals surface area contributed by atoms with Gasteiger partial charge in [0.15, 0.2) is 0 Å². The first-order valence-electron chi connectivity index (χ1n) is 17.6. The second kappa shape index (κ2) is 25.9. The van der Waals surface area contributed by atoms with Gasteiger partial charge in [-0.3, -0.25) is 4.79 Å². The molecule has 1 aliphatic carbocycles. The van der Waals surface area contributed by atoms with Gasteiger partial charge in [0.2, 0.25) is 5.91 Å². The number of nitrogens with one attached hydrogen (secondary N) is 1. The molecule has 0 aromatic heterocycles. The smallest absolute Gasteiger partial charge is 0.434 e. The van der Waals surface area contributed by atoms with E-state index in [1.54, 1.807) is 12.2 Å². The van der Waals surface area contributed by atoms with Gasteiger partial charge in [0, 0.05) is 25.3 Å². The van der Waals surface area contributed by atoms with E-state index in [1.165, 1.54) is 0 Å². The van der Waals surface area contributed by atoms with Crippen LogP contribution >= 0.6 is 0 Å². The number of nitrogens with zero attached hydrogens (tertiary/aromatic N) is 2. The van der Waals surface area contributed by atoms with Crippen LogP contribution in [0.25, 0.3) is 0 Å². The predicted octanol–water partition coefficient (Wildman–Crippen LogP) is 5.45. The lowest BCUT2D eigenvalue weighted by atomic mass is 9.89. The zero-order valence-electron chi connectivity index (χ0n) is 29.5. The van der Waals surface area contributed by atoms with Crippen molar-refractivity contribution >= 4 is 18.2 Å². The molecule has 0 radical (unpaired) electrons. The van der Waals surface area contributed by atoms with Crippen LogP contribution in [0.3, 0.4) is 0 Å². The molecule has 0 aliphatic heterocycles. The molecule has 2 rings (SSSR count). The zero-order chi connectivity index (χ0) is 38.0. The summed E-state index contributed by atoms with van der Waals surface area (Å²) < 4.78 is 21.6. The van der Waals surface area contributed by atoms with Gasteiger partial charge in [-0.15, -0.1) is 20.2 Å². The van der Waals surface area contributed by atoms with Gasteiger partial charge >= 0.3 is 12.3 Å². The highest BCUT2D eigenvalue weighted by molar-refractivity contribution is 5.75. The molecule has 0 bridgehead atoms. The van der Waals surface area contributed by atoms with Crippen LogP contribution in [0.2, 0.25) is 0 Å². The molecule has 1 aromatic carbocycles. The number of aliphatic hydroxyl groups is 1. The maximum atomic E-state index is 12.6. The third-order valence-corrected chi connectivity index (χ3v) is 8.13. The molecule has 17 nitrogen and oxygen atoms in total. The van der Waals surface area contributed by atoms with E-state index in [0.717, 1.165) is 5.56 Å². The lowest BCUT2D eigenvalue weighted by molar-refractivity contribution is -0.757. The number of allylic oxidation sites excluding steroid dienone is 2. The SMILES string of the molecule is CCNC(=O)CCCC=CC[C@@H]1[C@@H](C=C[C@H](CCc2ccccc2)OC(=O)OCCCCO[N+](=O)[O-])[C@H](OC(=O)OCCCCO[N+](=O)[O-])C[C@@H]1O. The summed E-state index contributed by atoms with van der Waals surface area (Å²) in [6.45, 7) is 2.11. The molecule has 290 valence electrons. The quantitative estimate of drug-likeness (QED) is 0.0397. The molecule has 0 saturated heterocycles. The van der Waals surface area contributed by atoms with Gasteiger partial charge in [-0.25, -0.2) is 9.59 Å². The summed E-state index contributed by atoms with van der Waals surface area (Å²) in [7, 11) is 0. The van der Waals surface area contributed by atoms with Gasteiger partial charge in [-0.1, -0.05) is 48.6 Å². The van der Waals surface area contributed by atoms with E-state index >= 15 is 0 Å². The minimum absolute atomic E-state index is 0.0145. The molecule has 1 amide bonds. The third kappa shape index (κ3) is 19.5. The monoisotopic (exact) mass is 737 g/mol. The van der Waals surface area contributed by atoms with Crippen LogP contribution < -0.4 is 5.32 Å². The second-order valence-electron chi connectivity index (χ2n) is 12.0. The minimum atomic E-state index is -0.948. The highest BCUT2D eigenvalue weighted by Gasteiger charge is 2.43. The Hall–Kier alpha value is -4.93. The molecule has 52 heavy (non-hydrogen) atoms. The van der Waals surface area contributed by atoms with E-state index in [0.29, 0.717) is 70.8 Å². The molecule has 0 spiro atoms. The number of hydrogen-bond donors (Lipinski definition) is 2. The van der Waals surface area contributed by atoms with Crippen LogP contribution in [0.15, 0.2) is 54.6 Å². The molecule has 1 aromatic rings. The highest BCUT2D eigenvalue weighted by atomic mass is 17.0. The van der Waals surface area contributed by atoms with Crippen molar-refractivity contribution < 1.29 is 58.3 Å². The average molecular weight is 738 g/mol. The number of ether oxygens (including phenoxy) is 4. The van der Waals surface area contributed by atoms with Gasteiger partial charge in [0.1, 0.15) is 12.2 Å². The topological polar surface area (TPSA) is 225 Å². The summed E-state index contributed by atoms with van der Waals surface area (Å²) in [5.41, 5.74) is 1.02. The number of aryl methyl sites for hydroxylation is 1. The van der Waals surface area contributed by atoms with Crippen LogP contribution in [0, 0.1) is 32.1 Å². The Morgan fingerprint density at radius 2 is 1.56 bits per heavy atom. The number of unbranched alkanes of at least 4 members (excludes halogenated alkanes) is 3. The van der Waals surface area contributed by atoms with Crippen molar-refractivity contribution in [3.05, 3.63) is 80.4 Å². The lowest BCUT2D eigenvalue weighted by Crippen LogP contribution is -2.26. The zero-order valence-corrected chi connectivity index (χ0v) is 29.5. The molecule has 17 heteroatoms. The fourth-order valence-electron chi connectivity index (χ4n) is 5.56. The predicted molar refractivity (Wildman–Crippen MR) is 185 cm³/mol. The molecular weight excluding hydrogens is 686 g/mol. The second-order valence-corrected chi connectivity index (χ2v) is 12.0. The summed E-state index contributed by atoms with van der Waals surface area (Å²) in [5, 5.41) is 32.7. The van der Waals surface area contributed by atoms with Crippen molar-refractivity contribution in [1.29, 1.82) is 0 Å². The van der Waals surface area contributed by atoms with Gasteiger partial charge in [-0.05, 0) is 82.3 Å². The Balaban J connectivity index is 2.12. The molecule has 5 atom stereocenters. The van der Waals surface area contributed by atoms with Gasteiger partial charge in [0.25, 0.3) is 10.2 Å². The summed E-state index contributed by atoms with van der Waals surface area (Å²) in [4.78, 5) is 66.1. The maximum absolute atomic E-state index is 12.6. The summed E-state index contributed by atoms with van der Waals surface area (Å²) in [6, 6.07) is 9.59. The van der Waals surface area contributed by atoms with Crippen molar-refractivity contribution in [2.24, 2.45) is 11.8 Å². The Morgan fingerprint density at radius 3 is 2.19 bits per heavy atom. The van der Waals surface area contributed by atoms with Crippen molar-refractivity contribution in [2.45, 2.75) is 95.9 Å². The Bertz CT molecular complexity index is 1280. The Morgan fingerprint density at radius 1 is 0.923 bits per heavy atom. The molecule has 0 unspecified atom stereocenters. The minimum Gasteiger partial charge on any atom is -0.434 e. The van der Waals surface area contributed by atoms with E-state index in [4.69, 9.17) is 18.9 Å². The molecule has 1 aliphatic rings. The van der Waals surface area contributed by atoms with Crippen molar-refractivity contribution in [3.63, 3.8) is 0 Å². The van der Waals surface area contributed by atoms with Crippen LogP contribution in [0.4, 0.5) is 9.59 Å². The first-order valence-corrected chi connectivity index (χ1v) is 17.6. The van der Waals surface area contributed by atoms with E-state index in [-0.39, 0.29) is 44.7 Å². The standard InChI is InChI=1S/C35H51N3O14/c1-2-36-33(40)17-9-4-3-8-16-29-30(32(26-31(29)39)52-35(42)48-23-11-13-25-50-38(45)46)21-20-28(19-18-27-14-6-5-7-15-27)51-34(41)47-22-10-12-24-49-37(43)44/h3,5-8,14-15,20-21,28-32,39H,2,4,9-13,16-19,22-26H2,1H3,(H,36,40)/t28-,29+,30+,31-,32+/m0/s1. The van der Waals surface area contributed by atoms with Crippen molar-refractivity contribution in [3.8, 4) is 0 Å². The van der Waals surface area contributed by atoms with Gasteiger partial charge in [-0.2, -0.15) is 0 Å². The number of rotatable bonds is 26. The molecule has 1 saturated carbocycles. The van der Waals surface area contributed by atoms with Crippen LogP contribution in [-0.2, 0) is 39.8 Å². The first-order chi connectivity index (χ1) is 25.1. The van der Waals surface area contributed by atoms with Gasteiger partial charge < -0.3 is 39.0 Å². The fourth-order valence-corrected chi connectivity index (χ4v) is 5.56. The molecule has 1 fully saturated rings. The number of carbonyl (C=O) groups excluding carboxylic acids is 3. The largest absolute Gasteiger partial charge is 0.508 e. The molecule has 0 heterocycles. The third-order valence-electron chi connectivity index (χ3n) is 8.13. The van der Waals surface area contributed by atoms with E-state index in [2.05, 4.69) is 15.0 Å². The highest BCUT2D eigenvalue weighted by Crippen LogP contribution is 2.38. The van der Waals surface area contributed by atoms with Crippen molar-refractivity contribution in [2.75, 3.05) is 33.0 Å². The number of aliphatic hydroxyl groups excluding tert-OH is 1. The lowest BCUT2D eigenvalue weighted by Gasteiger charge is -2.23. The normalized spacial score (nSPS) is 18.8. The van der Waals surface area contributed by atoms with E-state index < -0.39 is 46.7 Å². The van der Waals surface area contributed by atoms with Crippen LogP contribution in [-0.4, -0.2) is 84.8 Å². The van der Waals surface area contributed by atoms with Gasteiger partial charge in [0.05, 0.1) is 32.5 Å². The van der Waals surface area contributed by atoms with Crippen LogP contribution in [0.1, 0.15) is 76.7 Å². The summed E-state index contributed by atoms with van der Waals surface area (Å²) in [6.07, 6.45) is 7.64. The number of amides is 1.